The summed E-state index contributed by atoms with van der Waals surface area (Å²) < 4.78 is 11.8. The van der Waals surface area contributed by atoms with E-state index in [0.29, 0.717) is 23.6 Å². The van der Waals surface area contributed by atoms with Crippen molar-refractivity contribution in [1.29, 1.82) is 0 Å². The number of carboxylic acid groups (broad SMARTS) is 1. The van der Waals surface area contributed by atoms with Crippen LogP contribution >= 0.6 is 11.3 Å². The molecule has 2 aromatic rings. The van der Waals surface area contributed by atoms with Crippen LogP contribution in [0.1, 0.15) is 11.8 Å². The van der Waals surface area contributed by atoms with Gasteiger partial charge in [0.2, 0.25) is 0 Å². The Bertz CT molecular complexity index is 747. The number of rotatable bonds is 6. The first-order chi connectivity index (χ1) is 10.5. The number of thiazole rings is 1. The molecule has 2 rings (SSSR count). The fraction of sp³-hybridized carbons (Fsp3) is 0.333. The van der Waals surface area contributed by atoms with Crippen LogP contribution in [0.5, 0.6) is 11.5 Å². The van der Waals surface area contributed by atoms with Gasteiger partial charge in [0.05, 0.1) is 19.9 Å². The third kappa shape index (κ3) is 2.99. The van der Waals surface area contributed by atoms with Crippen LogP contribution in [0, 0.1) is 0 Å². The minimum atomic E-state index is -1.05. The molecule has 0 aliphatic carbocycles. The van der Waals surface area contributed by atoms with Crippen LogP contribution in [0.25, 0.3) is 11.3 Å². The highest BCUT2D eigenvalue weighted by molar-refractivity contribution is 7.09. The van der Waals surface area contributed by atoms with Crippen LogP contribution in [-0.2, 0) is 17.8 Å². The summed E-state index contributed by atoms with van der Waals surface area (Å²) in [4.78, 5) is 23.7. The van der Waals surface area contributed by atoms with Crippen molar-refractivity contribution in [1.82, 2.24) is 4.57 Å². The Balaban J connectivity index is 2.65. The molecule has 0 bridgehead atoms. The van der Waals surface area contributed by atoms with Crippen LogP contribution in [0.4, 0.5) is 0 Å². The predicted octanol–water partition coefficient (Wildman–Crippen LogP) is 2.24. The maximum Gasteiger partial charge on any atom is 0.323 e. The van der Waals surface area contributed by atoms with Gasteiger partial charge in [-0.2, -0.15) is 0 Å². The maximum atomic E-state index is 12.1. The van der Waals surface area contributed by atoms with Crippen molar-refractivity contribution >= 4 is 17.3 Å². The average Bonchev–Trinajstić information content (AvgIpc) is 2.82. The molecule has 0 saturated carbocycles. The summed E-state index contributed by atoms with van der Waals surface area (Å²) in [6.45, 7) is 1.57. The van der Waals surface area contributed by atoms with Crippen LogP contribution in [-0.4, -0.2) is 29.9 Å². The maximum absolute atomic E-state index is 12.1. The second-order valence-corrected chi connectivity index (χ2v) is 5.59. The van der Waals surface area contributed by atoms with Gasteiger partial charge in [0.1, 0.15) is 6.54 Å². The summed E-state index contributed by atoms with van der Waals surface area (Å²) in [6, 6.07) is 5.28. The molecule has 1 heterocycles. The highest BCUT2D eigenvalue weighted by atomic mass is 32.1. The van der Waals surface area contributed by atoms with Gasteiger partial charge in [-0.15, -0.1) is 0 Å². The first kappa shape index (κ1) is 16.1. The molecule has 0 saturated heterocycles. The Morgan fingerprint density at radius 2 is 1.95 bits per heavy atom. The van der Waals surface area contributed by atoms with Crippen molar-refractivity contribution in [3.63, 3.8) is 0 Å². The average molecular weight is 323 g/mol. The number of carbonyl (C=O) groups is 1. The summed E-state index contributed by atoms with van der Waals surface area (Å²) in [5, 5.41) is 9.03. The zero-order valence-electron chi connectivity index (χ0n) is 12.6. The van der Waals surface area contributed by atoms with Gasteiger partial charge in [-0.3, -0.25) is 14.2 Å². The number of aryl methyl sites for hydroxylation is 1. The van der Waals surface area contributed by atoms with Gasteiger partial charge in [0.25, 0.3) is 0 Å². The number of hydrogen-bond donors (Lipinski definition) is 1. The van der Waals surface area contributed by atoms with E-state index < -0.39 is 5.97 Å². The number of aliphatic carboxylic acids is 1. The zero-order valence-corrected chi connectivity index (χ0v) is 13.4. The molecule has 0 atom stereocenters. The van der Waals surface area contributed by atoms with E-state index in [9.17, 15) is 9.59 Å². The SMILES string of the molecule is CCc1sc(=O)n(CC(=O)O)c1-c1ccc(OC)c(OC)c1. The van der Waals surface area contributed by atoms with E-state index in [-0.39, 0.29) is 11.4 Å². The number of methoxy groups -OCH3 is 2. The molecule has 6 nitrogen and oxygen atoms in total. The summed E-state index contributed by atoms with van der Waals surface area (Å²) in [5.74, 6) is 0.0542. The lowest BCUT2D eigenvalue weighted by Gasteiger charge is -2.12. The number of aromatic nitrogens is 1. The lowest BCUT2D eigenvalue weighted by molar-refractivity contribution is -0.137. The van der Waals surface area contributed by atoms with Crippen LogP contribution in [0.3, 0.4) is 0 Å². The third-order valence-electron chi connectivity index (χ3n) is 3.24. The van der Waals surface area contributed by atoms with Crippen LogP contribution in [0.2, 0.25) is 0 Å². The van der Waals surface area contributed by atoms with Gasteiger partial charge >= 0.3 is 10.8 Å². The van der Waals surface area contributed by atoms with E-state index in [1.807, 2.05) is 6.92 Å². The number of carboxylic acids is 1. The third-order valence-corrected chi connectivity index (χ3v) is 4.36. The quantitative estimate of drug-likeness (QED) is 0.882. The number of ether oxygens (including phenoxy) is 2. The topological polar surface area (TPSA) is 77.8 Å². The van der Waals surface area contributed by atoms with E-state index in [1.54, 1.807) is 25.3 Å². The summed E-state index contributed by atoms with van der Waals surface area (Å²) in [7, 11) is 3.07. The fourth-order valence-electron chi connectivity index (χ4n) is 2.27. The van der Waals surface area contributed by atoms with Crippen molar-refractivity contribution in [3.05, 3.63) is 32.7 Å². The predicted molar refractivity (Wildman–Crippen MR) is 84.1 cm³/mol. The van der Waals surface area contributed by atoms with Gasteiger partial charge in [-0.25, -0.2) is 0 Å². The molecule has 1 aromatic heterocycles. The lowest BCUT2D eigenvalue weighted by atomic mass is 10.1. The molecule has 1 N–H and O–H groups in total. The normalized spacial score (nSPS) is 10.5. The molecule has 0 fully saturated rings. The molecular formula is C15H17NO5S. The van der Waals surface area contributed by atoms with E-state index in [2.05, 4.69) is 0 Å². The Labute approximate surface area is 131 Å². The van der Waals surface area contributed by atoms with Crippen molar-refractivity contribution in [3.8, 4) is 22.8 Å². The lowest BCUT2D eigenvalue weighted by Crippen LogP contribution is -2.19. The second-order valence-electron chi connectivity index (χ2n) is 4.54. The molecule has 7 heteroatoms. The molecule has 1 aromatic carbocycles. The van der Waals surface area contributed by atoms with E-state index in [1.165, 1.54) is 11.7 Å². The molecule has 0 spiro atoms. The number of benzene rings is 1. The van der Waals surface area contributed by atoms with Crippen LogP contribution in [0.15, 0.2) is 23.0 Å². The Kier molecular flexibility index (Phi) is 4.87. The summed E-state index contributed by atoms with van der Waals surface area (Å²) >= 11 is 1.07. The molecule has 118 valence electrons. The van der Waals surface area contributed by atoms with Crippen molar-refractivity contribution in [2.45, 2.75) is 19.9 Å². The van der Waals surface area contributed by atoms with Crippen molar-refractivity contribution in [2.75, 3.05) is 14.2 Å². The molecule has 0 radical (unpaired) electrons. The van der Waals surface area contributed by atoms with E-state index in [4.69, 9.17) is 14.6 Å². The highest BCUT2D eigenvalue weighted by Gasteiger charge is 2.18. The highest BCUT2D eigenvalue weighted by Crippen LogP contribution is 2.34. The van der Waals surface area contributed by atoms with Gasteiger partial charge in [-0.1, -0.05) is 18.3 Å². The minimum Gasteiger partial charge on any atom is -0.493 e. The second kappa shape index (κ2) is 6.65. The first-order valence-corrected chi connectivity index (χ1v) is 7.50. The molecule has 0 amide bonds. The molecule has 0 aliphatic heterocycles. The van der Waals surface area contributed by atoms with E-state index >= 15 is 0 Å². The summed E-state index contributed by atoms with van der Waals surface area (Å²) in [6.07, 6.45) is 0.649. The fourth-order valence-corrected chi connectivity index (χ4v) is 3.22. The standard InChI is InChI=1S/C15H17NO5S/c1-4-12-14(16(8-13(17)18)15(19)22-12)9-5-6-10(20-2)11(7-9)21-3/h5-7H,4,8H2,1-3H3,(H,17,18). The van der Waals surface area contributed by atoms with Gasteiger partial charge < -0.3 is 14.6 Å². The van der Waals surface area contributed by atoms with Gasteiger partial charge in [-0.05, 0) is 24.6 Å². The van der Waals surface area contributed by atoms with E-state index in [0.717, 1.165) is 21.8 Å². The van der Waals surface area contributed by atoms with Crippen molar-refractivity contribution < 1.29 is 19.4 Å². The smallest absolute Gasteiger partial charge is 0.323 e. The first-order valence-electron chi connectivity index (χ1n) is 6.68. The largest absolute Gasteiger partial charge is 0.493 e. The number of hydrogen-bond acceptors (Lipinski definition) is 5. The minimum absolute atomic E-state index is 0.274. The number of nitrogens with zero attached hydrogens (tertiary/aromatic N) is 1. The monoisotopic (exact) mass is 323 g/mol. The Morgan fingerprint density at radius 3 is 2.50 bits per heavy atom. The molecule has 0 unspecified atom stereocenters. The zero-order chi connectivity index (χ0) is 16.3. The molecular weight excluding hydrogens is 306 g/mol. The van der Waals surface area contributed by atoms with Crippen molar-refractivity contribution in [2.24, 2.45) is 0 Å². The molecule has 22 heavy (non-hydrogen) atoms. The molecule has 0 aliphatic rings. The van der Waals surface area contributed by atoms with Gasteiger partial charge in [0, 0.05) is 10.4 Å². The summed E-state index contributed by atoms with van der Waals surface area (Å²) in [5.41, 5.74) is 1.36. The van der Waals surface area contributed by atoms with Crippen LogP contribution < -0.4 is 14.3 Å². The van der Waals surface area contributed by atoms with Gasteiger partial charge in [0.15, 0.2) is 11.5 Å². The Hall–Kier alpha value is -2.28. The Morgan fingerprint density at radius 1 is 1.27 bits per heavy atom.